The number of aromatic amines is 1. The topological polar surface area (TPSA) is 128 Å². The van der Waals surface area contributed by atoms with Gasteiger partial charge in [-0.3, -0.25) is 19.3 Å². The third-order valence-corrected chi connectivity index (χ3v) is 10.8. The number of aromatic nitrogens is 1. The number of aromatic hydroxyl groups is 1. The molecular formula is C24H24N2O6S2. The van der Waals surface area contributed by atoms with Gasteiger partial charge in [-0.15, -0.1) is 11.8 Å². The molecule has 178 valence electrons. The van der Waals surface area contributed by atoms with E-state index in [1.807, 2.05) is 12.1 Å². The molecule has 2 amide bonds. The van der Waals surface area contributed by atoms with Gasteiger partial charge in [-0.1, -0.05) is 37.3 Å². The van der Waals surface area contributed by atoms with E-state index < -0.39 is 23.8 Å². The highest BCUT2D eigenvalue weighted by Gasteiger charge is 2.70. The largest absolute Gasteiger partial charge is 0.508 e. The Hall–Kier alpha value is -2.59. The van der Waals surface area contributed by atoms with E-state index >= 15 is 0 Å². The number of benzene rings is 1. The average molecular weight is 501 g/mol. The lowest BCUT2D eigenvalue weighted by atomic mass is 9.68. The Morgan fingerprint density at radius 2 is 1.74 bits per heavy atom. The molecule has 3 N–H and O–H groups in total. The van der Waals surface area contributed by atoms with Crippen LogP contribution in [0.5, 0.6) is 5.75 Å². The molecule has 1 aromatic heterocycles. The number of amides is 2. The highest BCUT2D eigenvalue weighted by molar-refractivity contribution is 8.00. The van der Waals surface area contributed by atoms with E-state index in [0.717, 1.165) is 26.8 Å². The fraction of sp³-hybridized carbons (Fsp3) is 0.500. The number of thioether (sulfide) groups is 1. The first kappa shape index (κ1) is 21.9. The third-order valence-electron chi connectivity index (χ3n) is 8.17. The predicted molar refractivity (Wildman–Crippen MR) is 125 cm³/mol. The van der Waals surface area contributed by atoms with E-state index in [1.165, 1.54) is 11.3 Å². The summed E-state index contributed by atoms with van der Waals surface area (Å²) in [6.07, 6.45) is 0.746. The van der Waals surface area contributed by atoms with Gasteiger partial charge in [0.15, 0.2) is 0 Å². The minimum atomic E-state index is -1.16. The SMILES string of the molecule is CC(C)[C@H](C(=O)O)N1C(=O)[C@@H]2[C@H]3C[C@@H]([C@@H]2C1=O)[C@@H]1[C@H](c2ccc(O)cc2)c2sc(=O)[nH]c2S[C@@H]31. The highest BCUT2D eigenvalue weighted by Crippen LogP contribution is 2.68. The summed E-state index contributed by atoms with van der Waals surface area (Å²) in [5.41, 5.74) is 0.966. The van der Waals surface area contributed by atoms with Gasteiger partial charge in [-0.2, -0.15) is 0 Å². The molecule has 3 heterocycles. The number of rotatable bonds is 4. The van der Waals surface area contributed by atoms with Gasteiger partial charge in [-0.25, -0.2) is 4.79 Å². The summed E-state index contributed by atoms with van der Waals surface area (Å²) in [6, 6.07) is 5.81. The number of imide groups is 1. The molecule has 8 atom stereocenters. The van der Waals surface area contributed by atoms with Gasteiger partial charge in [0.1, 0.15) is 11.8 Å². The summed E-state index contributed by atoms with van der Waals surface area (Å²) in [4.78, 5) is 56.1. The van der Waals surface area contributed by atoms with Crippen LogP contribution in [0.1, 0.15) is 36.6 Å². The second-order valence-electron chi connectivity index (χ2n) is 10.1. The maximum Gasteiger partial charge on any atom is 0.327 e. The zero-order valence-electron chi connectivity index (χ0n) is 18.5. The number of hydrogen-bond acceptors (Lipinski definition) is 7. The van der Waals surface area contributed by atoms with Gasteiger partial charge in [-0.05, 0) is 47.8 Å². The van der Waals surface area contributed by atoms with Crippen molar-refractivity contribution in [1.82, 2.24) is 9.88 Å². The molecular weight excluding hydrogens is 476 g/mol. The molecule has 1 saturated heterocycles. The molecule has 2 aliphatic heterocycles. The summed E-state index contributed by atoms with van der Waals surface area (Å²) in [7, 11) is 0. The first-order chi connectivity index (χ1) is 16.2. The molecule has 2 saturated carbocycles. The Morgan fingerprint density at radius 3 is 2.35 bits per heavy atom. The van der Waals surface area contributed by atoms with Crippen LogP contribution in [0.3, 0.4) is 0 Å². The number of hydrogen-bond donors (Lipinski definition) is 3. The summed E-state index contributed by atoms with van der Waals surface area (Å²) in [6.45, 7) is 3.43. The van der Waals surface area contributed by atoms with E-state index in [-0.39, 0.29) is 57.3 Å². The third kappa shape index (κ3) is 2.84. The fourth-order valence-electron chi connectivity index (χ4n) is 7.06. The van der Waals surface area contributed by atoms with Crippen molar-refractivity contribution < 1.29 is 24.6 Å². The van der Waals surface area contributed by atoms with Crippen molar-refractivity contribution in [2.24, 2.45) is 35.5 Å². The summed E-state index contributed by atoms with van der Waals surface area (Å²) >= 11 is 2.77. The van der Waals surface area contributed by atoms with E-state index in [2.05, 4.69) is 4.98 Å². The highest BCUT2D eigenvalue weighted by atomic mass is 32.2. The molecule has 10 heteroatoms. The quantitative estimate of drug-likeness (QED) is 0.551. The summed E-state index contributed by atoms with van der Waals surface area (Å²) in [5, 5.41) is 20.5. The van der Waals surface area contributed by atoms with E-state index in [4.69, 9.17) is 0 Å². The second kappa shape index (κ2) is 7.45. The Balaban J connectivity index is 1.44. The lowest BCUT2D eigenvalue weighted by Gasteiger charge is -2.43. The van der Waals surface area contributed by atoms with Crippen molar-refractivity contribution in [3.05, 3.63) is 44.4 Å². The van der Waals surface area contributed by atoms with Crippen LogP contribution in [0.25, 0.3) is 0 Å². The molecule has 2 bridgehead atoms. The van der Waals surface area contributed by atoms with Crippen LogP contribution in [-0.4, -0.2) is 49.2 Å². The zero-order chi connectivity index (χ0) is 24.0. The molecule has 3 fully saturated rings. The monoisotopic (exact) mass is 500 g/mol. The molecule has 2 aromatic rings. The number of carbonyl (C=O) groups is 3. The number of H-pyrrole nitrogens is 1. The first-order valence-electron chi connectivity index (χ1n) is 11.5. The molecule has 0 spiro atoms. The van der Waals surface area contributed by atoms with Crippen molar-refractivity contribution in [2.45, 2.75) is 42.5 Å². The molecule has 34 heavy (non-hydrogen) atoms. The van der Waals surface area contributed by atoms with E-state index in [9.17, 15) is 29.4 Å². The molecule has 0 unspecified atom stereocenters. The Kier molecular flexibility index (Phi) is 4.80. The van der Waals surface area contributed by atoms with Crippen LogP contribution in [0.4, 0.5) is 0 Å². The Morgan fingerprint density at radius 1 is 1.09 bits per heavy atom. The van der Waals surface area contributed by atoms with E-state index in [0.29, 0.717) is 0 Å². The molecule has 6 rings (SSSR count). The first-order valence-corrected chi connectivity index (χ1v) is 13.2. The number of likely N-dealkylation sites (tertiary alicyclic amines) is 1. The zero-order valence-corrected chi connectivity index (χ0v) is 20.1. The standard InChI is InChI=1S/C24H24N2O6S2/c1-8(2)17(23(30)31)26-21(28)15-11-7-12(16(15)22(26)29)18-14(11)13(9-3-5-10(27)6-4-9)19-20(33-18)25-24(32)34-19/h3-6,8,11-18,27H,7H2,1-2H3,(H,25,32)(H,30,31)/t11-,12-,13+,14-,15+,16-,17-,18+/m1/s1. The van der Waals surface area contributed by atoms with Crippen LogP contribution in [0, 0.1) is 35.5 Å². The number of carboxylic acids is 1. The number of fused-ring (bicyclic) bond motifs is 9. The maximum absolute atomic E-state index is 13.6. The Labute approximate surface area is 203 Å². The van der Waals surface area contributed by atoms with Crippen molar-refractivity contribution in [2.75, 3.05) is 0 Å². The number of aliphatic carboxylic acids is 1. The van der Waals surface area contributed by atoms with Crippen LogP contribution in [-0.2, 0) is 14.4 Å². The predicted octanol–water partition coefficient (Wildman–Crippen LogP) is 2.72. The number of nitrogens with one attached hydrogen (secondary N) is 1. The van der Waals surface area contributed by atoms with Crippen LogP contribution in [0.15, 0.2) is 34.1 Å². The lowest BCUT2D eigenvalue weighted by molar-refractivity contribution is -0.157. The number of thiazole rings is 1. The van der Waals surface area contributed by atoms with Crippen molar-refractivity contribution in [3.8, 4) is 5.75 Å². The smallest absolute Gasteiger partial charge is 0.327 e. The second-order valence-corrected chi connectivity index (χ2v) is 12.3. The number of carbonyl (C=O) groups excluding carboxylic acids is 2. The molecule has 8 nitrogen and oxygen atoms in total. The number of carboxylic acid groups (broad SMARTS) is 1. The summed E-state index contributed by atoms with van der Waals surface area (Å²) in [5.74, 6) is -3.32. The van der Waals surface area contributed by atoms with Gasteiger partial charge in [0.25, 0.3) is 0 Å². The van der Waals surface area contributed by atoms with Crippen LogP contribution in [0.2, 0.25) is 0 Å². The van der Waals surface area contributed by atoms with Gasteiger partial charge in [0, 0.05) is 16.0 Å². The van der Waals surface area contributed by atoms with Gasteiger partial charge in [0.2, 0.25) is 11.8 Å². The van der Waals surface area contributed by atoms with Gasteiger partial charge >= 0.3 is 10.8 Å². The van der Waals surface area contributed by atoms with Crippen LogP contribution >= 0.6 is 23.1 Å². The summed E-state index contributed by atoms with van der Waals surface area (Å²) < 4.78 is 0. The maximum atomic E-state index is 13.6. The minimum absolute atomic E-state index is 0.0405. The number of phenolic OH excluding ortho intramolecular Hbond substituents is 1. The molecule has 4 aliphatic rings. The molecule has 1 aromatic carbocycles. The van der Waals surface area contributed by atoms with Crippen molar-refractivity contribution in [1.29, 1.82) is 0 Å². The van der Waals surface area contributed by atoms with Gasteiger partial charge in [0.05, 0.1) is 16.9 Å². The molecule has 0 radical (unpaired) electrons. The van der Waals surface area contributed by atoms with Gasteiger partial charge < -0.3 is 15.2 Å². The van der Waals surface area contributed by atoms with E-state index in [1.54, 1.807) is 37.7 Å². The number of nitrogens with zero attached hydrogens (tertiary/aromatic N) is 1. The van der Waals surface area contributed by atoms with Crippen molar-refractivity contribution >= 4 is 40.9 Å². The van der Waals surface area contributed by atoms with Crippen molar-refractivity contribution in [3.63, 3.8) is 0 Å². The normalized spacial score (nSPS) is 34.3. The average Bonchev–Trinajstić information content (AvgIpc) is 3.49. The molecule has 2 aliphatic carbocycles. The Bertz CT molecular complexity index is 1270. The fourth-order valence-corrected chi connectivity index (χ4v) is 9.95. The van der Waals surface area contributed by atoms with Crippen LogP contribution < -0.4 is 4.87 Å². The number of phenols is 1. The lowest BCUT2D eigenvalue weighted by Crippen LogP contribution is -2.49. The minimum Gasteiger partial charge on any atom is -0.508 e.